The number of amides is 1. The number of aromatic nitrogens is 1. The van der Waals surface area contributed by atoms with Gasteiger partial charge < -0.3 is 14.2 Å². The highest BCUT2D eigenvalue weighted by Gasteiger charge is 2.24. The van der Waals surface area contributed by atoms with E-state index in [0.717, 1.165) is 38.0 Å². The number of piperazine rings is 1. The van der Waals surface area contributed by atoms with Crippen molar-refractivity contribution in [1.82, 2.24) is 9.88 Å². The summed E-state index contributed by atoms with van der Waals surface area (Å²) >= 11 is 0. The molecule has 0 atom stereocenters. The van der Waals surface area contributed by atoms with E-state index in [4.69, 9.17) is 4.42 Å². The molecule has 1 aliphatic heterocycles. The van der Waals surface area contributed by atoms with Crippen LogP contribution in [-0.4, -0.2) is 42.0 Å². The van der Waals surface area contributed by atoms with E-state index in [1.807, 2.05) is 18.7 Å². The Balaban J connectivity index is 1.94. The van der Waals surface area contributed by atoms with E-state index < -0.39 is 0 Å². The van der Waals surface area contributed by atoms with Crippen LogP contribution in [0.2, 0.25) is 0 Å². The summed E-state index contributed by atoms with van der Waals surface area (Å²) in [5.41, 5.74) is 0. The topological polar surface area (TPSA) is 49.6 Å². The van der Waals surface area contributed by atoms with Crippen LogP contribution in [0.15, 0.2) is 10.6 Å². The smallest absolute Gasteiger partial charge is 0.225 e. The Kier molecular flexibility index (Phi) is 4.12. The molecule has 1 aliphatic rings. The van der Waals surface area contributed by atoms with Crippen molar-refractivity contribution in [2.45, 2.75) is 33.6 Å². The summed E-state index contributed by atoms with van der Waals surface area (Å²) in [5.74, 6) is 2.21. The van der Waals surface area contributed by atoms with Crippen LogP contribution in [0.1, 0.15) is 39.5 Å². The first-order chi connectivity index (χ1) is 8.99. The first-order valence-electron chi connectivity index (χ1n) is 6.98. The van der Waals surface area contributed by atoms with Crippen LogP contribution in [0.5, 0.6) is 0 Å². The lowest BCUT2D eigenvalue weighted by Gasteiger charge is -2.35. The van der Waals surface area contributed by atoms with Gasteiger partial charge in [0.05, 0.1) is 6.20 Å². The Morgan fingerprint density at radius 2 is 1.84 bits per heavy atom. The molecule has 19 heavy (non-hydrogen) atoms. The Labute approximate surface area is 114 Å². The molecule has 1 saturated heterocycles. The minimum absolute atomic E-state index is 0.0735. The monoisotopic (exact) mass is 265 g/mol. The van der Waals surface area contributed by atoms with E-state index in [9.17, 15) is 4.79 Å². The number of hydrogen-bond donors (Lipinski definition) is 0. The number of hydrogen-bond acceptors (Lipinski definition) is 4. The quantitative estimate of drug-likeness (QED) is 0.840. The summed E-state index contributed by atoms with van der Waals surface area (Å²) in [6.45, 7) is 11.2. The van der Waals surface area contributed by atoms with Gasteiger partial charge >= 0.3 is 0 Å². The van der Waals surface area contributed by atoms with Crippen LogP contribution in [0, 0.1) is 5.92 Å². The SMILES string of the molecule is CC(C)C(=O)N1CCN(c2cnc(C(C)C)o2)CC1. The Morgan fingerprint density at radius 3 is 2.32 bits per heavy atom. The maximum Gasteiger partial charge on any atom is 0.225 e. The van der Waals surface area contributed by atoms with Gasteiger partial charge in [-0.3, -0.25) is 4.79 Å². The van der Waals surface area contributed by atoms with Gasteiger partial charge in [-0.1, -0.05) is 27.7 Å². The van der Waals surface area contributed by atoms with E-state index in [-0.39, 0.29) is 11.8 Å². The van der Waals surface area contributed by atoms with E-state index in [2.05, 4.69) is 23.7 Å². The fourth-order valence-electron chi connectivity index (χ4n) is 2.20. The molecular weight excluding hydrogens is 242 g/mol. The predicted molar refractivity (Wildman–Crippen MR) is 74.2 cm³/mol. The van der Waals surface area contributed by atoms with E-state index in [1.165, 1.54) is 0 Å². The zero-order valence-electron chi connectivity index (χ0n) is 12.2. The summed E-state index contributed by atoms with van der Waals surface area (Å²) in [7, 11) is 0. The molecule has 0 unspecified atom stereocenters. The normalized spacial score (nSPS) is 16.5. The second kappa shape index (κ2) is 5.63. The fourth-order valence-corrected chi connectivity index (χ4v) is 2.20. The lowest BCUT2D eigenvalue weighted by atomic mass is 10.1. The molecule has 0 saturated carbocycles. The van der Waals surface area contributed by atoms with Gasteiger partial charge in [-0.15, -0.1) is 0 Å². The molecule has 0 N–H and O–H groups in total. The maximum atomic E-state index is 11.9. The highest BCUT2D eigenvalue weighted by molar-refractivity contribution is 5.78. The van der Waals surface area contributed by atoms with Crippen molar-refractivity contribution in [3.05, 3.63) is 12.1 Å². The molecule has 0 bridgehead atoms. The maximum absolute atomic E-state index is 11.9. The second-order valence-corrected chi connectivity index (χ2v) is 5.66. The molecule has 0 aliphatic carbocycles. The van der Waals surface area contributed by atoms with Gasteiger partial charge in [-0.25, -0.2) is 4.98 Å². The molecule has 0 aromatic carbocycles. The van der Waals surface area contributed by atoms with Gasteiger partial charge in [0.1, 0.15) is 0 Å². The Hall–Kier alpha value is -1.52. The van der Waals surface area contributed by atoms with Gasteiger partial charge in [-0.2, -0.15) is 0 Å². The third-order valence-electron chi connectivity index (χ3n) is 3.40. The molecule has 0 spiro atoms. The van der Waals surface area contributed by atoms with Crippen molar-refractivity contribution < 1.29 is 9.21 Å². The number of oxazole rings is 1. The van der Waals surface area contributed by atoms with E-state index in [1.54, 1.807) is 6.20 Å². The molecule has 106 valence electrons. The number of carbonyl (C=O) groups excluding carboxylic acids is 1. The van der Waals surface area contributed by atoms with Crippen LogP contribution >= 0.6 is 0 Å². The fraction of sp³-hybridized carbons (Fsp3) is 0.714. The van der Waals surface area contributed by atoms with Crippen molar-refractivity contribution >= 4 is 11.8 Å². The number of anilines is 1. The van der Waals surface area contributed by atoms with Crippen LogP contribution in [0.3, 0.4) is 0 Å². The number of rotatable bonds is 3. The summed E-state index contributed by atoms with van der Waals surface area (Å²) in [6, 6.07) is 0. The highest BCUT2D eigenvalue weighted by atomic mass is 16.4. The van der Waals surface area contributed by atoms with Crippen molar-refractivity contribution in [2.75, 3.05) is 31.1 Å². The summed E-state index contributed by atoms with van der Waals surface area (Å²) in [5, 5.41) is 0. The summed E-state index contributed by atoms with van der Waals surface area (Å²) in [6.07, 6.45) is 1.79. The van der Waals surface area contributed by atoms with Crippen LogP contribution < -0.4 is 4.90 Å². The zero-order chi connectivity index (χ0) is 14.0. The lowest BCUT2D eigenvalue weighted by Crippen LogP contribution is -2.49. The molecule has 2 rings (SSSR count). The molecule has 1 amide bonds. The van der Waals surface area contributed by atoms with Crippen LogP contribution in [-0.2, 0) is 4.79 Å². The third kappa shape index (κ3) is 3.08. The van der Waals surface area contributed by atoms with Crippen molar-refractivity contribution in [2.24, 2.45) is 5.92 Å². The average molecular weight is 265 g/mol. The number of carbonyl (C=O) groups is 1. The number of nitrogens with zero attached hydrogens (tertiary/aromatic N) is 3. The molecule has 5 heteroatoms. The Bertz CT molecular complexity index is 432. The minimum atomic E-state index is 0.0735. The molecule has 1 fully saturated rings. The molecule has 1 aromatic rings. The minimum Gasteiger partial charge on any atom is -0.425 e. The summed E-state index contributed by atoms with van der Waals surface area (Å²) in [4.78, 5) is 20.3. The predicted octanol–water partition coefficient (Wildman–Crippen LogP) is 2.10. The van der Waals surface area contributed by atoms with Crippen molar-refractivity contribution in [3.8, 4) is 0 Å². The second-order valence-electron chi connectivity index (χ2n) is 5.66. The standard InChI is InChI=1S/C14H23N3O2/c1-10(2)13-15-9-12(19-13)16-5-7-17(8-6-16)14(18)11(3)4/h9-11H,5-8H2,1-4H3. The largest absolute Gasteiger partial charge is 0.425 e. The molecule has 0 radical (unpaired) electrons. The van der Waals surface area contributed by atoms with Gasteiger partial charge in [0.25, 0.3) is 0 Å². The van der Waals surface area contributed by atoms with Crippen molar-refractivity contribution in [3.63, 3.8) is 0 Å². The van der Waals surface area contributed by atoms with E-state index >= 15 is 0 Å². The van der Waals surface area contributed by atoms with Crippen molar-refractivity contribution in [1.29, 1.82) is 0 Å². The van der Waals surface area contributed by atoms with E-state index in [0.29, 0.717) is 5.92 Å². The lowest BCUT2D eigenvalue weighted by molar-refractivity contribution is -0.134. The Morgan fingerprint density at radius 1 is 1.21 bits per heavy atom. The highest BCUT2D eigenvalue weighted by Crippen LogP contribution is 2.22. The van der Waals surface area contributed by atoms with Crippen LogP contribution in [0.25, 0.3) is 0 Å². The van der Waals surface area contributed by atoms with Gasteiger partial charge in [0, 0.05) is 38.0 Å². The molecular formula is C14H23N3O2. The molecule has 1 aromatic heterocycles. The summed E-state index contributed by atoms with van der Waals surface area (Å²) < 4.78 is 5.74. The molecule has 2 heterocycles. The van der Waals surface area contributed by atoms with Gasteiger partial charge in [-0.05, 0) is 0 Å². The average Bonchev–Trinajstić information content (AvgIpc) is 2.87. The van der Waals surface area contributed by atoms with Gasteiger partial charge in [0.2, 0.25) is 11.8 Å². The first kappa shape index (κ1) is 13.9. The third-order valence-corrected chi connectivity index (χ3v) is 3.40. The molecule has 5 nitrogen and oxygen atoms in total. The van der Waals surface area contributed by atoms with Crippen LogP contribution in [0.4, 0.5) is 5.88 Å². The van der Waals surface area contributed by atoms with Gasteiger partial charge in [0.15, 0.2) is 5.89 Å². The first-order valence-corrected chi connectivity index (χ1v) is 6.98. The zero-order valence-corrected chi connectivity index (χ0v) is 12.2.